The zero-order chi connectivity index (χ0) is 23.4. The number of benzene rings is 2. The number of nitrogens with zero attached hydrogens (tertiary/aromatic N) is 3. The summed E-state index contributed by atoms with van der Waals surface area (Å²) in [5.41, 5.74) is 3.78. The van der Waals surface area contributed by atoms with Gasteiger partial charge in [0, 0.05) is 40.9 Å². The normalized spacial score (nSPS) is 12.7. The van der Waals surface area contributed by atoms with E-state index in [1.54, 1.807) is 54.9 Å². The molecule has 0 spiro atoms. The fourth-order valence-electron chi connectivity index (χ4n) is 3.41. The largest absolute Gasteiger partial charge is 0.374 e. The van der Waals surface area contributed by atoms with Gasteiger partial charge in [0.1, 0.15) is 23.9 Å². The van der Waals surface area contributed by atoms with Crippen molar-refractivity contribution in [2.75, 3.05) is 5.32 Å². The van der Waals surface area contributed by atoms with Gasteiger partial charge in [-0.2, -0.15) is 5.26 Å². The number of nitriles is 1. The molecule has 2 aromatic carbocycles. The number of hydrogen-bond donors (Lipinski definition) is 3. The number of halogens is 2. The molecule has 0 amide bonds. The molecule has 0 aliphatic carbocycles. The van der Waals surface area contributed by atoms with Crippen molar-refractivity contribution in [3.63, 3.8) is 0 Å². The summed E-state index contributed by atoms with van der Waals surface area (Å²) in [7, 11) is 0. The van der Waals surface area contributed by atoms with Crippen LogP contribution < -0.4 is 10.6 Å². The number of aromatic nitrogens is 2. The second-order valence-corrected chi connectivity index (χ2v) is 7.96. The summed E-state index contributed by atoms with van der Waals surface area (Å²) in [6, 6.07) is 18.1. The molecule has 4 aromatic rings. The van der Waals surface area contributed by atoms with E-state index in [-0.39, 0.29) is 5.82 Å². The number of anilines is 2. The Morgan fingerprint density at radius 3 is 2.64 bits per heavy atom. The second kappa shape index (κ2) is 9.84. The number of aryl methyl sites for hydroxylation is 1. The minimum Gasteiger partial charge on any atom is -0.374 e. The summed E-state index contributed by atoms with van der Waals surface area (Å²) in [5.74, 6) is 0.292. The molecule has 33 heavy (non-hydrogen) atoms. The van der Waals surface area contributed by atoms with Crippen molar-refractivity contribution in [3.8, 4) is 11.8 Å². The summed E-state index contributed by atoms with van der Waals surface area (Å²) in [4.78, 5) is 4.39. The van der Waals surface area contributed by atoms with E-state index in [1.807, 2.05) is 23.8 Å². The summed E-state index contributed by atoms with van der Waals surface area (Å²) in [5, 5.41) is 26.8. The highest BCUT2D eigenvalue weighted by molar-refractivity contribution is 6.30. The van der Waals surface area contributed by atoms with E-state index in [2.05, 4.69) is 21.7 Å². The highest BCUT2D eigenvalue weighted by Crippen LogP contribution is 2.24. The van der Waals surface area contributed by atoms with E-state index in [4.69, 9.17) is 11.6 Å². The van der Waals surface area contributed by atoms with Gasteiger partial charge in [-0.15, -0.1) is 0 Å². The molecule has 0 aliphatic rings. The van der Waals surface area contributed by atoms with Crippen LogP contribution in [0.5, 0.6) is 0 Å². The van der Waals surface area contributed by atoms with Crippen LogP contribution in [0.25, 0.3) is 5.69 Å². The van der Waals surface area contributed by atoms with Gasteiger partial charge >= 0.3 is 0 Å². The van der Waals surface area contributed by atoms with E-state index in [0.29, 0.717) is 22.0 Å². The number of aliphatic hydroxyl groups is 1. The molecule has 4 rings (SSSR count). The number of nitrogens with one attached hydrogen (secondary N) is 2. The summed E-state index contributed by atoms with van der Waals surface area (Å²) in [6.45, 7) is 1.93. The average molecular weight is 462 g/mol. The number of hydrogen-bond acceptors (Lipinski definition) is 5. The SMILES string of the molecule is Cc1cnc(Nc2ccc(F)cc2)cc1-n1ccc(C(O)NC(C#N)c2cccc(Cl)c2)c1. The minimum absolute atomic E-state index is 0.306. The lowest BCUT2D eigenvalue weighted by Crippen LogP contribution is -2.25. The van der Waals surface area contributed by atoms with Gasteiger partial charge in [0.15, 0.2) is 0 Å². The molecule has 6 nitrogen and oxygen atoms in total. The Hall–Kier alpha value is -3.70. The van der Waals surface area contributed by atoms with Crippen LogP contribution in [-0.4, -0.2) is 14.7 Å². The van der Waals surface area contributed by atoms with Gasteiger partial charge in [0.05, 0.1) is 11.8 Å². The van der Waals surface area contributed by atoms with Crippen LogP contribution in [0.1, 0.15) is 29.0 Å². The first-order valence-corrected chi connectivity index (χ1v) is 10.6. The smallest absolute Gasteiger partial charge is 0.133 e. The molecule has 0 bridgehead atoms. The van der Waals surface area contributed by atoms with Crippen molar-refractivity contribution in [2.45, 2.75) is 19.2 Å². The maximum absolute atomic E-state index is 13.2. The predicted octanol–water partition coefficient (Wildman–Crippen LogP) is 5.56. The molecule has 2 heterocycles. The molecule has 166 valence electrons. The molecule has 8 heteroatoms. The van der Waals surface area contributed by atoms with E-state index < -0.39 is 12.3 Å². The van der Waals surface area contributed by atoms with Crippen LogP contribution in [0.3, 0.4) is 0 Å². The Kier molecular flexibility index (Phi) is 6.71. The van der Waals surface area contributed by atoms with E-state index in [0.717, 1.165) is 16.9 Å². The van der Waals surface area contributed by atoms with Gasteiger partial charge in [-0.1, -0.05) is 23.7 Å². The van der Waals surface area contributed by atoms with Crippen LogP contribution in [0.2, 0.25) is 5.02 Å². The predicted molar refractivity (Wildman–Crippen MR) is 126 cm³/mol. The molecule has 2 aromatic heterocycles. The molecule has 0 fully saturated rings. The van der Waals surface area contributed by atoms with Gasteiger partial charge in [0.25, 0.3) is 0 Å². The lowest BCUT2D eigenvalue weighted by Gasteiger charge is -2.17. The minimum atomic E-state index is -1.06. The second-order valence-electron chi connectivity index (χ2n) is 7.53. The monoisotopic (exact) mass is 461 g/mol. The third kappa shape index (κ3) is 5.38. The molecule has 3 N–H and O–H groups in total. The van der Waals surface area contributed by atoms with Crippen molar-refractivity contribution in [1.82, 2.24) is 14.9 Å². The zero-order valence-electron chi connectivity index (χ0n) is 17.7. The topological polar surface area (TPSA) is 85.9 Å². The molecule has 0 radical (unpaired) electrons. The maximum Gasteiger partial charge on any atom is 0.133 e. The van der Waals surface area contributed by atoms with Crippen molar-refractivity contribution < 1.29 is 9.50 Å². The highest BCUT2D eigenvalue weighted by Gasteiger charge is 2.18. The number of rotatable bonds is 7. The molecular formula is C25H21ClFN5O. The molecule has 0 aliphatic heterocycles. The molecule has 0 saturated heterocycles. The Morgan fingerprint density at radius 2 is 1.91 bits per heavy atom. The molecular weight excluding hydrogens is 441 g/mol. The molecule has 2 atom stereocenters. The first-order valence-electron chi connectivity index (χ1n) is 10.2. The molecule has 2 unspecified atom stereocenters. The Bertz CT molecular complexity index is 1300. The van der Waals surface area contributed by atoms with Crippen molar-refractivity contribution in [3.05, 3.63) is 107 Å². The van der Waals surface area contributed by atoms with Crippen molar-refractivity contribution in [2.24, 2.45) is 0 Å². The van der Waals surface area contributed by atoms with Crippen LogP contribution in [0.4, 0.5) is 15.9 Å². The fraction of sp³-hybridized carbons (Fsp3) is 0.120. The fourth-order valence-corrected chi connectivity index (χ4v) is 3.61. The van der Waals surface area contributed by atoms with E-state index >= 15 is 0 Å². The standard InChI is InChI=1S/C25H21ClFN5O/c1-16-14-29-24(30-21-7-5-20(27)6-8-21)12-23(16)32-10-9-18(15-32)25(33)31-22(13-28)17-3-2-4-19(26)11-17/h2-12,14-15,22,25,31,33H,1H3,(H,29,30). The van der Waals surface area contributed by atoms with Crippen molar-refractivity contribution >= 4 is 23.1 Å². The van der Waals surface area contributed by atoms with Crippen LogP contribution in [-0.2, 0) is 0 Å². The summed E-state index contributed by atoms with van der Waals surface area (Å²) in [6.07, 6.45) is 4.29. The summed E-state index contributed by atoms with van der Waals surface area (Å²) < 4.78 is 15.0. The summed E-state index contributed by atoms with van der Waals surface area (Å²) >= 11 is 6.03. The number of aliphatic hydroxyl groups excluding tert-OH is 1. The Balaban J connectivity index is 1.52. The Morgan fingerprint density at radius 1 is 1.12 bits per heavy atom. The lowest BCUT2D eigenvalue weighted by atomic mass is 10.1. The third-order valence-corrected chi connectivity index (χ3v) is 5.37. The van der Waals surface area contributed by atoms with Crippen LogP contribution in [0.15, 0.2) is 79.3 Å². The van der Waals surface area contributed by atoms with Crippen molar-refractivity contribution in [1.29, 1.82) is 5.26 Å². The van der Waals surface area contributed by atoms with Gasteiger partial charge < -0.3 is 15.0 Å². The quantitative estimate of drug-likeness (QED) is 0.313. The van der Waals surface area contributed by atoms with Gasteiger partial charge in [-0.25, -0.2) is 9.37 Å². The van der Waals surface area contributed by atoms with Gasteiger partial charge in [-0.05, 0) is 60.5 Å². The number of pyridine rings is 1. The average Bonchev–Trinajstić information content (AvgIpc) is 3.30. The van der Waals surface area contributed by atoms with E-state index in [1.165, 1.54) is 12.1 Å². The zero-order valence-corrected chi connectivity index (χ0v) is 18.5. The maximum atomic E-state index is 13.2. The lowest BCUT2D eigenvalue weighted by molar-refractivity contribution is 0.131. The van der Waals surface area contributed by atoms with Crippen LogP contribution >= 0.6 is 11.6 Å². The third-order valence-electron chi connectivity index (χ3n) is 5.14. The van der Waals surface area contributed by atoms with Gasteiger partial charge in [-0.3, -0.25) is 5.32 Å². The first-order chi connectivity index (χ1) is 15.9. The Labute approximate surface area is 195 Å². The molecule has 0 saturated carbocycles. The highest BCUT2D eigenvalue weighted by atomic mass is 35.5. The van der Waals surface area contributed by atoms with Gasteiger partial charge in [0.2, 0.25) is 0 Å². The van der Waals surface area contributed by atoms with Crippen LogP contribution in [0, 0.1) is 24.1 Å². The first kappa shape index (κ1) is 22.5. The van der Waals surface area contributed by atoms with E-state index in [9.17, 15) is 14.8 Å².